The number of amides is 2. The van der Waals surface area contributed by atoms with E-state index in [0.29, 0.717) is 49.3 Å². The van der Waals surface area contributed by atoms with Crippen molar-refractivity contribution in [3.8, 4) is 27.8 Å². The predicted octanol–water partition coefficient (Wildman–Crippen LogP) is 4.06. The number of aryl methyl sites for hydroxylation is 1. The van der Waals surface area contributed by atoms with Gasteiger partial charge in [-0.05, 0) is 36.8 Å². The number of hydrogen-bond acceptors (Lipinski definition) is 7. The first-order valence-corrected chi connectivity index (χ1v) is 11.0. The first-order valence-electron chi connectivity index (χ1n) is 10.2. The van der Waals surface area contributed by atoms with Gasteiger partial charge in [0, 0.05) is 31.5 Å². The molecule has 0 radical (unpaired) electrons. The second-order valence-corrected chi connectivity index (χ2v) is 8.34. The highest BCUT2D eigenvalue weighted by molar-refractivity contribution is 7.19. The predicted molar refractivity (Wildman–Crippen MR) is 122 cm³/mol. The van der Waals surface area contributed by atoms with Crippen molar-refractivity contribution in [1.82, 2.24) is 14.9 Å². The second-order valence-electron chi connectivity index (χ2n) is 7.34. The summed E-state index contributed by atoms with van der Waals surface area (Å²) in [7, 11) is 1.63. The van der Waals surface area contributed by atoms with E-state index in [-0.39, 0.29) is 6.03 Å². The van der Waals surface area contributed by atoms with Crippen molar-refractivity contribution >= 4 is 22.5 Å². The van der Waals surface area contributed by atoms with E-state index in [9.17, 15) is 10.1 Å². The standard InChI is InChI=1S/C23H23N5O3S/c1-15-10-18(12-19(25-15)14-30-2)21-20(17-5-3-4-16(11-17)13-24)26-22(32-21)27-23(29)28-6-8-31-9-7-28/h3-5,10-12H,6-9,14H2,1-2H3,(H,26,27,29). The fourth-order valence-electron chi connectivity index (χ4n) is 3.53. The van der Waals surface area contributed by atoms with E-state index in [2.05, 4.69) is 16.4 Å². The SMILES string of the molecule is COCc1cc(-c2sc(NC(=O)N3CCOCC3)nc2-c2cccc(C#N)c2)cc(C)n1. The van der Waals surface area contributed by atoms with Crippen LogP contribution in [-0.2, 0) is 16.1 Å². The molecule has 2 aromatic heterocycles. The zero-order valence-corrected chi connectivity index (χ0v) is 18.7. The van der Waals surface area contributed by atoms with Crippen LogP contribution in [0.2, 0.25) is 0 Å². The Labute approximate surface area is 190 Å². The molecule has 0 spiro atoms. The number of urea groups is 1. The number of hydrogen-bond donors (Lipinski definition) is 1. The molecule has 0 saturated carbocycles. The lowest BCUT2D eigenvalue weighted by Crippen LogP contribution is -2.43. The number of nitrogens with one attached hydrogen (secondary N) is 1. The molecule has 8 nitrogen and oxygen atoms in total. The van der Waals surface area contributed by atoms with Crippen molar-refractivity contribution in [3.63, 3.8) is 0 Å². The van der Waals surface area contributed by atoms with Gasteiger partial charge in [0.05, 0.1) is 47.7 Å². The van der Waals surface area contributed by atoms with Gasteiger partial charge in [-0.25, -0.2) is 9.78 Å². The molecule has 1 saturated heterocycles. The van der Waals surface area contributed by atoms with Crippen LogP contribution in [0.4, 0.5) is 9.93 Å². The molecule has 32 heavy (non-hydrogen) atoms. The van der Waals surface area contributed by atoms with Crippen LogP contribution in [0.3, 0.4) is 0 Å². The van der Waals surface area contributed by atoms with Gasteiger partial charge in [-0.3, -0.25) is 10.3 Å². The highest BCUT2D eigenvalue weighted by atomic mass is 32.1. The first kappa shape index (κ1) is 21.9. The largest absolute Gasteiger partial charge is 0.378 e. The Morgan fingerprint density at radius 3 is 2.81 bits per heavy atom. The number of carbonyl (C=O) groups is 1. The minimum absolute atomic E-state index is 0.197. The molecule has 4 rings (SSSR count). The van der Waals surface area contributed by atoms with Gasteiger partial charge in [-0.2, -0.15) is 5.26 Å². The number of carbonyl (C=O) groups excluding carboxylic acids is 1. The highest BCUT2D eigenvalue weighted by Gasteiger charge is 2.21. The van der Waals surface area contributed by atoms with E-state index in [1.807, 2.05) is 31.2 Å². The summed E-state index contributed by atoms with van der Waals surface area (Å²) < 4.78 is 10.6. The second kappa shape index (κ2) is 9.87. The molecule has 0 unspecified atom stereocenters. The van der Waals surface area contributed by atoms with Gasteiger partial charge >= 0.3 is 6.03 Å². The van der Waals surface area contributed by atoms with Gasteiger partial charge in [0.15, 0.2) is 5.13 Å². The third-order valence-corrected chi connectivity index (χ3v) is 5.99. The molecular formula is C23H23N5O3S. The maximum atomic E-state index is 12.7. The maximum absolute atomic E-state index is 12.7. The fraction of sp³-hybridized carbons (Fsp3) is 0.304. The Hall–Kier alpha value is -3.32. The summed E-state index contributed by atoms with van der Waals surface area (Å²) in [5, 5.41) is 12.8. The van der Waals surface area contributed by atoms with E-state index in [0.717, 1.165) is 27.4 Å². The summed E-state index contributed by atoms with van der Waals surface area (Å²) in [6.07, 6.45) is 0. The van der Waals surface area contributed by atoms with Crippen LogP contribution in [0.5, 0.6) is 0 Å². The van der Waals surface area contributed by atoms with Gasteiger partial charge in [0.25, 0.3) is 0 Å². The monoisotopic (exact) mass is 449 g/mol. The third-order valence-electron chi connectivity index (χ3n) is 4.97. The highest BCUT2D eigenvalue weighted by Crippen LogP contribution is 2.39. The van der Waals surface area contributed by atoms with Gasteiger partial charge < -0.3 is 14.4 Å². The van der Waals surface area contributed by atoms with Crippen molar-refractivity contribution in [1.29, 1.82) is 5.26 Å². The number of morpholine rings is 1. The summed E-state index contributed by atoms with van der Waals surface area (Å²) >= 11 is 1.40. The quantitative estimate of drug-likeness (QED) is 0.630. The Bertz CT molecular complexity index is 1160. The number of thiazole rings is 1. The number of rotatable bonds is 5. The zero-order chi connectivity index (χ0) is 22.5. The lowest BCUT2D eigenvalue weighted by molar-refractivity contribution is 0.0564. The van der Waals surface area contributed by atoms with E-state index >= 15 is 0 Å². The molecule has 164 valence electrons. The molecule has 1 aromatic carbocycles. The van der Waals surface area contributed by atoms with Gasteiger partial charge in [0.2, 0.25) is 0 Å². The Balaban J connectivity index is 1.75. The Kier molecular flexibility index (Phi) is 6.75. The van der Waals surface area contributed by atoms with Crippen molar-refractivity contribution < 1.29 is 14.3 Å². The molecule has 3 aromatic rings. The molecule has 0 aliphatic carbocycles. The average molecular weight is 450 g/mol. The van der Waals surface area contributed by atoms with Crippen molar-refractivity contribution in [2.75, 3.05) is 38.7 Å². The fourth-order valence-corrected chi connectivity index (χ4v) is 4.49. The number of nitriles is 1. The van der Waals surface area contributed by atoms with Crippen molar-refractivity contribution in [2.45, 2.75) is 13.5 Å². The first-order chi connectivity index (χ1) is 15.6. The number of benzene rings is 1. The number of anilines is 1. The summed E-state index contributed by atoms with van der Waals surface area (Å²) in [5.74, 6) is 0. The van der Waals surface area contributed by atoms with Crippen molar-refractivity contribution in [3.05, 3.63) is 53.3 Å². The van der Waals surface area contributed by atoms with Crippen LogP contribution in [0, 0.1) is 18.3 Å². The van der Waals surface area contributed by atoms with Gasteiger partial charge in [0.1, 0.15) is 0 Å². The minimum atomic E-state index is -0.197. The lowest BCUT2D eigenvalue weighted by atomic mass is 10.0. The molecule has 1 aliphatic rings. The Morgan fingerprint density at radius 2 is 2.06 bits per heavy atom. The van der Waals surface area contributed by atoms with Crippen LogP contribution in [-0.4, -0.2) is 54.3 Å². The Morgan fingerprint density at radius 1 is 1.25 bits per heavy atom. The molecule has 9 heteroatoms. The molecule has 1 fully saturated rings. The van der Waals surface area contributed by atoms with E-state index in [1.165, 1.54) is 11.3 Å². The summed E-state index contributed by atoms with van der Waals surface area (Å²) in [6.45, 7) is 4.48. The number of aromatic nitrogens is 2. The molecule has 2 amide bonds. The van der Waals surface area contributed by atoms with E-state index in [4.69, 9.17) is 14.5 Å². The number of methoxy groups -OCH3 is 1. The third kappa shape index (κ3) is 4.94. The molecule has 0 bridgehead atoms. The normalized spacial score (nSPS) is 13.6. The van der Waals surface area contributed by atoms with E-state index < -0.39 is 0 Å². The summed E-state index contributed by atoms with van der Waals surface area (Å²) in [6, 6.07) is 13.2. The molecule has 0 atom stereocenters. The lowest BCUT2D eigenvalue weighted by Gasteiger charge is -2.26. The topological polar surface area (TPSA) is 100 Å². The average Bonchev–Trinajstić information content (AvgIpc) is 3.23. The van der Waals surface area contributed by atoms with Gasteiger partial charge in [-0.1, -0.05) is 23.5 Å². The van der Waals surface area contributed by atoms with Gasteiger partial charge in [-0.15, -0.1) is 0 Å². The maximum Gasteiger partial charge on any atom is 0.323 e. The van der Waals surface area contributed by atoms with Crippen molar-refractivity contribution in [2.24, 2.45) is 0 Å². The summed E-state index contributed by atoms with van der Waals surface area (Å²) in [5.41, 5.74) is 4.67. The van der Waals surface area contributed by atoms with E-state index in [1.54, 1.807) is 24.1 Å². The van der Waals surface area contributed by atoms with Crippen LogP contribution >= 0.6 is 11.3 Å². The number of ether oxygens (including phenoxy) is 2. The summed E-state index contributed by atoms with van der Waals surface area (Å²) in [4.78, 5) is 24.6. The smallest absolute Gasteiger partial charge is 0.323 e. The van der Waals surface area contributed by atoms with Crippen LogP contribution < -0.4 is 5.32 Å². The van der Waals surface area contributed by atoms with Crippen LogP contribution in [0.1, 0.15) is 17.0 Å². The molecule has 3 heterocycles. The number of pyridine rings is 1. The molecule has 1 aliphatic heterocycles. The zero-order valence-electron chi connectivity index (χ0n) is 17.9. The number of nitrogens with zero attached hydrogens (tertiary/aromatic N) is 4. The molecular weight excluding hydrogens is 426 g/mol. The molecule has 1 N–H and O–H groups in total. The van der Waals surface area contributed by atoms with Crippen LogP contribution in [0.15, 0.2) is 36.4 Å². The van der Waals surface area contributed by atoms with Crippen LogP contribution in [0.25, 0.3) is 21.7 Å². The minimum Gasteiger partial charge on any atom is -0.378 e.